The predicted octanol–water partition coefficient (Wildman–Crippen LogP) is 3.99. The summed E-state index contributed by atoms with van der Waals surface area (Å²) in [6.45, 7) is 1.37. The zero-order valence-corrected chi connectivity index (χ0v) is 11.5. The molecule has 2 aromatic rings. The molecule has 3 heteroatoms. The molecule has 0 spiro atoms. The first-order valence-electron chi connectivity index (χ1n) is 6.47. The fourth-order valence-electron chi connectivity index (χ4n) is 2.50. The van der Waals surface area contributed by atoms with Crippen molar-refractivity contribution in [3.05, 3.63) is 46.7 Å². The highest BCUT2D eigenvalue weighted by molar-refractivity contribution is 7.10. The highest BCUT2D eigenvalue weighted by Gasteiger charge is 2.36. The van der Waals surface area contributed by atoms with E-state index < -0.39 is 0 Å². The number of hydrogen-bond acceptors (Lipinski definition) is 3. The van der Waals surface area contributed by atoms with Crippen molar-refractivity contribution in [1.82, 2.24) is 0 Å². The van der Waals surface area contributed by atoms with Crippen molar-refractivity contribution in [2.24, 2.45) is 0 Å². The van der Waals surface area contributed by atoms with E-state index in [4.69, 9.17) is 4.74 Å². The second-order valence-electron chi connectivity index (χ2n) is 4.87. The zero-order chi connectivity index (χ0) is 13.1. The minimum absolute atomic E-state index is 0.337. The maximum atomic E-state index is 9.58. The lowest BCUT2D eigenvalue weighted by molar-refractivity contribution is 0.0685. The molecular weight excluding hydrogens is 254 g/mol. The molecule has 1 aliphatic heterocycles. The topological polar surface area (TPSA) is 33.0 Å². The number of ether oxygens (including phenoxy) is 1. The van der Waals surface area contributed by atoms with E-state index in [1.165, 1.54) is 16.0 Å². The molecule has 1 saturated heterocycles. The zero-order valence-electron chi connectivity index (χ0n) is 10.6. The van der Waals surface area contributed by atoms with Crippen LogP contribution in [0.2, 0.25) is 0 Å². The minimum atomic E-state index is -0.337. The number of thiophene rings is 1. The average Bonchev–Trinajstić information content (AvgIpc) is 2.99. The van der Waals surface area contributed by atoms with Crippen molar-refractivity contribution in [2.45, 2.75) is 18.3 Å². The predicted molar refractivity (Wildman–Crippen MR) is 77.1 cm³/mol. The normalized spacial score (nSPS) is 17.8. The third kappa shape index (κ3) is 2.30. The summed E-state index contributed by atoms with van der Waals surface area (Å²) in [5, 5.41) is 11.7. The van der Waals surface area contributed by atoms with Crippen molar-refractivity contribution in [3.63, 3.8) is 0 Å². The molecule has 0 bridgehead atoms. The van der Waals surface area contributed by atoms with Gasteiger partial charge in [0, 0.05) is 18.1 Å². The summed E-state index contributed by atoms with van der Waals surface area (Å²) in [5.41, 5.74) is 2.09. The van der Waals surface area contributed by atoms with Crippen LogP contribution >= 0.6 is 11.3 Å². The lowest BCUT2D eigenvalue weighted by Gasteiger charge is -2.29. The Morgan fingerprint density at radius 3 is 2.53 bits per heavy atom. The molecule has 1 aromatic heterocycles. The summed E-state index contributed by atoms with van der Waals surface area (Å²) in [7, 11) is 0. The average molecular weight is 269 g/mol. The Labute approximate surface area is 117 Å². The van der Waals surface area contributed by atoms with Crippen LogP contribution in [-0.2, 0) is 10.2 Å². The van der Waals surface area contributed by atoms with E-state index >= 15 is 0 Å². The van der Waals surface area contributed by atoms with Gasteiger partial charge >= 0.3 is 0 Å². The molecule has 0 amide bonds. The van der Waals surface area contributed by atoms with Crippen LogP contribution in [0.4, 0.5) is 0 Å². The second kappa shape index (κ2) is 5.16. The van der Waals surface area contributed by atoms with E-state index in [9.17, 15) is 5.26 Å². The first kappa shape index (κ1) is 12.4. The molecule has 0 atom stereocenters. The van der Waals surface area contributed by atoms with Crippen LogP contribution in [0, 0.1) is 11.3 Å². The molecule has 2 nitrogen and oxygen atoms in total. The van der Waals surface area contributed by atoms with E-state index in [2.05, 4.69) is 29.6 Å². The number of benzene rings is 1. The van der Waals surface area contributed by atoms with Crippen molar-refractivity contribution in [3.8, 4) is 17.2 Å². The Balaban J connectivity index is 1.95. The maximum absolute atomic E-state index is 9.58. The first-order valence-corrected chi connectivity index (χ1v) is 7.35. The van der Waals surface area contributed by atoms with E-state index in [0.29, 0.717) is 13.2 Å². The largest absolute Gasteiger partial charge is 0.381 e. The molecule has 0 N–H and O–H groups in total. The minimum Gasteiger partial charge on any atom is -0.381 e. The van der Waals surface area contributed by atoms with Gasteiger partial charge in [-0.15, -0.1) is 11.3 Å². The summed E-state index contributed by atoms with van der Waals surface area (Å²) >= 11 is 1.70. The molecule has 0 radical (unpaired) electrons. The number of nitrogens with zero attached hydrogens (tertiary/aromatic N) is 1. The van der Waals surface area contributed by atoms with Gasteiger partial charge in [0.2, 0.25) is 0 Å². The standard InChI is InChI=1S/C16H15NOS/c17-12-16(6-8-18-9-7-16)15-10-14(11-19-15)13-4-2-1-3-5-13/h1-5,10-11H,6-9H2. The Morgan fingerprint density at radius 1 is 1.11 bits per heavy atom. The number of hydrogen-bond donors (Lipinski definition) is 0. The smallest absolute Gasteiger partial charge is 0.0958 e. The molecule has 96 valence electrons. The van der Waals surface area contributed by atoms with Gasteiger partial charge in [0.05, 0.1) is 11.5 Å². The van der Waals surface area contributed by atoms with Crippen LogP contribution in [-0.4, -0.2) is 13.2 Å². The van der Waals surface area contributed by atoms with E-state index in [-0.39, 0.29) is 5.41 Å². The Morgan fingerprint density at radius 2 is 1.84 bits per heavy atom. The van der Waals surface area contributed by atoms with E-state index in [0.717, 1.165) is 12.8 Å². The van der Waals surface area contributed by atoms with Gasteiger partial charge in [-0.2, -0.15) is 5.26 Å². The third-order valence-corrected chi connectivity index (χ3v) is 4.87. The molecule has 3 rings (SSSR count). The van der Waals surface area contributed by atoms with Crippen molar-refractivity contribution in [1.29, 1.82) is 5.26 Å². The van der Waals surface area contributed by atoms with Crippen molar-refractivity contribution in [2.75, 3.05) is 13.2 Å². The van der Waals surface area contributed by atoms with Crippen LogP contribution in [0.15, 0.2) is 41.8 Å². The van der Waals surface area contributed by atoms with E-state index in [1.807, 2.05) is 18.2 Å². The first-order chi connectivity index (χ1) is 9.34. The monoisotopic (exact) mass is 269 g/mol. The summed E-state index contributed by atoms with van der Waals surface area (Å²) in [4.78, 5) is 1.18. The Kier molecular flexibility index (Phi) is 3.37. The summed E-state index contributed by atoms with van der Waals surface area (Å²) in [5.74, 6) is 0. The van der Waals surface area contributed by atoms with Gasteiger partial charge in [-0.1, -0.05) is 30.3 Å². The van der Waals surface area contributed by atoms with Gasteiger partial charge in [-0.05, 0) is 35.4 Å². The highest BCUT2D eigenvalue weighted by Crippen LogP contribution is 2.39. The second-order valence-corrected chi connectivity index (χ2v) is 5.78. The summed E-state index contributed by atoms with van der Waals surface area (Å²) < 4.78 is 5.39. The molecule has 0 aliphatic carbocycles. The Hall–Kier alpha value is -1.63. The summed E-state index contributed by atoms with van der Waals surface area (Å²) in [6, 6.07) is 15.0. The van der Waals surface area contributed by atoms with Crippen LogP contribution in [0.1, 0.15) is 17.7 Å². The SMILES string of the molecule is N#CC1(c2cc(-c3ccccc3)cs2)CCOCC1. The van der Waals surface area contributed by atoms with Gasteiger partial charge in [0.15, 0.2) is 0 Å². The van der Waals surface area contributed by atoms with Gasteiger partial charge in [0.1, 0.15) is 0 Å². The van der Waals surface area contributed by atoms with E-state index in [1.54, 1.807) is 11.3 Å². The van der Waals surface area contributed by atoms with Crippen LogP contribution in [0.5, 0.6) is 0 Å². The molecule has 19 heavy (non-hydrogen) atoms. The van der Waals surface area contributed by atoms with Crippen molar-refractivity contribution >= 4 is 11.3 Å². The molecule has 0 saturated carbocycles. The quantitative estimate of drug-likeness (QED) is 0.826. The number of rotatable bonds is 2. The van der Waals surface area contributed by atoms with Crippen LogP contribution in [0.25, 0.3) is 11.1 Å². The lowest BCUT2D eigenvalue weighted by atomic mass is 9.80. The van der Waals surface area contributed by atoms with Gasteiger partial charge in [0.25, 0.3) is 0 Å². The van der Waals surface area contributed by atoms with Gasteiger partial charge < -0.3 is 4.74 Å². The molecule has 2 heterocycles. The molecule has 1 aromatic carbocycles. The van der Waals surface area contributed by atoms with Crippen molar-refractivity contribution < 1.29 is 4.74 Å². The number of nitriles is 1. The summed E-state index contributed by atoms with van der Waals surface area (Å²) in [6.07, 6.45) is 1.61. The molecule has 1 aliphatic rings. The lowest BCUT2D eigenvalue weighted by Crippen LogP contribution is -2.31. The fraction of sp³-hybridized carbons (Fsp3) is 0.312. The molecule has 1 fully saturated rings. The maximum Gasteiger partial charge on any atom is 0.0958 e. The highest BCUT2D eigenvalue weighted by atomic mass is 32.1. The third-order valence-electron chi connectivity index (χ3n) is 3.74. The van der Waals surface area contributed by atoms with Gasteiger partial charge in [-0.3, -0.25) is 0 Å². The molecular formula is C16H15NOS. The van der Waals surface area contributed by atoms with Crippen LogP contribution in [0.3, 0.4) is 0 Å². The Bertz CT molecular complexity index is 591. The fourth-order valence-corrected chi connectivity index (χ4v) is 3.63. The van der Waals surface area contributed by atoms with Crippen LogP contribution < -0.4 is 0 Å². The van der Waals surface area contributed by atoms with Gasteiger partial charge in [-0.25, -0.2) is 0 Å². The molecule has 0 unspecified atom stereocenters.